The number of rotatable bonds is 10. The summed E-state index contributed by atoms with van der Waals surface area (Å²) < 4.78 is 7.36. The Morgan fingerprint density at radius 1 is 0.927 bits per heavy atom. The monoisotopic (exact) mass is 552 g/mol. The largest absolute Gasteiger partial charge is 0.459 e. The molecule has 0 spiro atoms. The van der Waals surface area contributed by atoms with Gasteiger partial charge in [-0.2, -0.15) is 5.10 Å². The van der Waals surface area contributed by atoms with Crippen LogP contribution < -0.4 is 20.4 Å². The predicted molar refractivity (Wildman–Crippen MR) is 160 cm³/mol. The van der Waals surface area contributed by atoms with Crippen LogP contribution in [0.25, 0.3) is 0 Å². The SMILES string of the molecule is Cc1ccccc1N1CCN(c2ccc(C(=O)NCCCn3nccc3C3CC3)cc2NC(=O)c2ccco2)CC1. The Labute approximate surface area is 240 Å². The summed E-state index contributed by atoms with van der Waals surface area (Å²) >= 11 is 0. The van der Waals surface area contributed by atoms with E-state index >= 15 is 0 Å². The zero-order chi connectivity index (χ0) is 28.2. The molecule has 2 aromatic heterocycles. The van der Waals surface area contributed by atoms with E-state index in [1.165, 1.54) is 36.0 Å². The van der Waals surface area contributed by atoms with Gasteiger partial charge in [-0.1, -0.05) is 18.2 Å². The number of aromatic nitrogens is 2. The van der Waals surface area contributed by atoms with Crippen molar-refractivity contribution in [3.63, 3.8) is 0 Å². The van der Waals surface area contributed by atoms with Crippen molar-refractivity contribution in [2.24, 2.45) is 0 Å². The van der Waals surface area contributed by atoms with Crippen LogP contribution in [0.2, 0.25) is 0 Å². The molecule has 3 heterocycles. The highest BCUT2D eigenvalue weighted by Crippen LogP contribution is 2.39. The van der Waals surface area contributed by atoms with Gasteiger partial charge in [0.05, 0.1) is 17.6 Å². The topological polar surface area (TPSA) is 95.6 Å². The Balaban J connectivity index is 1.13. The van der Waals surface area contributed by atoms with Gasteiger partial charge in [-0.25, -0.2) is 0 Å². The summed E-state index contributed by atoms with van der Waals surface area (Å²) in [5.74, 6) is 0.348. The molecule has 1 saturated heterocycles. The first-order chi connectivity index (χ1) is 20.1. The van der Waals surface area contributed by atoms with Crippen molar-refractivity contribution in [1.82, 2.24) is 15.1 Å². The van der Waals surface area contributed by atoms with Crippen LogP contribution in [-0.4, -0.2) is 54.3 Å². The number of aryl methyl sites for hydroxylation is 2. The molecule has 212 valence electrons. The minimum atomic E-state index is -0.349. The van der Waals surface area contributed by atoms with Crippen LogP contribution in [0.1, 0.15) is 57.4 Å². The molecule has 0 bridgehead atoms. The molecule has 2 aromatic carbocycles. The first-order valence-corrected chi connectivity index (χ1v) is 14.4. The fraction of sp³-hybridized carbons (Fsp3) is 0.344. The van der Waals surface area contributed by atoms with Crippen molar-refractivity contribution in [3.05, 3.63) is 95.7 Å². The molecule has 9 heteroatoms. The number of benzene rings is 2. The lowest BCUT2D eigenvalue weighted by Gasteiger charge is -2.38. The van der Waals surface area contributed by atoms with Crippen LogP contribution in [-0.2, 0) is 6.54 Å². The van der Waals surface area contributed by atoms with E-state index in [1.54, 1.807) is 18.2 Å². The quantitative estimate of drug-likeness (QED) is 0.267. The Morgan fingerprint density at radius 3 is 2.44 bits per heavy atom. The van der Waals surface area contributed by atoms with E-state index in [-0.39, 0.29) is 17.6 Å². The van der Waals surface area contributed by atoms with E-state index in [4.69, 9.17) is 4.42 Å². The van der Waals surface area contributed by atoms with E-state index in [2.05, 4.69) is 67.5 Å². The zero-order valence-electron chi connectivity index (χ0n) is 23.4. The average Bonchev–Trinajstić information content (AvgIpc) is 3.47. The Kier molecular flexibility index (Phi) is 7.75. The van der Waals surface area contributed by atoms with E-state index < -0.39 is 0 Å². The van der Waals surface area contributed by atoms with Gasteiger partial charge in [-0.3, -0.25) is 14.3 Å². The molecule has 0 radical (unpaired) electrons. The third-order valence-corrected chi connectivity index (χ3v) is 7.91. The number of para-hydroxylation sites is 1. The van der Waals surface area contributed by atoms with Crippen molar-refractivity contribution < 1.29 is 14.0 Å². The van der Waals surface area contributed by atoms with Crippen LogP contribution in [0.15, 0.2) is 77.5 Å². The van der Waals surface area contributed by atoms with Crippen LogP contribution >= 0.6 is 0 Å². The molecule has 1 aliphatic carbocycles. The van der Waals surface area contributed by atoms with Crippen molar-refractivity contribution in [2.45, 2.75) is 38.6 Å². The van der Waals surface area contributed by atoms with Crippen molar-refractivity contribution in [3.8, 4) is 0 Å². The minimum absolute atomic E-state index is 0.169. The third-order valence-electron chi connectivity index (χ3n) is 7.91. The number of carbonyl (C=O) groups is 2. The second-order valence-corrected chi connectivity index (χ2v) is 10.8. The molecule has 2 fully saturated rings. The molecular formula is C32H36N6O3. The average molecular weight is 553 g/mol. The van der Waals surface area contributed by atoms with Gasteiger partial charge in [0.1, 0.15) is 0 Å². The number of furan rings is 1. The molecule has 0 atom stereocenters. The zero-order valence-corrected chi connectivity index (χ0v) is 23.4. The smallest absolute Gasteiger partial charge is 0.291 e. The predicted octanol–water partition coefficient (Wildman–Crippen LogP) is 5.06. The number of anilines is 3. The van der Waals surface area contributed by atoms with Crippen LogP contribution in [0.3, 0.4) is 0 Å². The van der Waals surface area contributed by atoms with Crippen molar-refractivity contribution >= 4 is 28.9 Å². The summed E-state index contributed by atoms with van der Waals surface area (Å²) in [6.07, 6.45) is 6.59. The highest BCUT2D eigenvalue weighted by molar-refractivity contribution is 6.05. The summed E-state index contributed by atoms with van der Waals surface area (Å²) in [7, 11) is 0. The molecule has 1 aliphatic heterocycles. The highest BCUT2D eigenvalue weighted by Gasteiger charge is 2.27. The maximum absolute atomic E-state index is 13.1. The number of hydrogen-bond acceptors (Lipinski definition) is 6. The fourth-order valence-corrected chi connectivity index (χ4v) is 5.54. The summed E-state index contributed by atoms with van der Waals surface area (Å²) in [6.45, 7) is 6.75. The van der Waals surface area contributed by atoms with Crippen LogP contribution in [0, 0.1) is 6.92 Å². The summed E-state index contributed by atoms with van der Waals surface area (Å²) in [6, 6.07) is 19.4. The van der Waals surface area contributed by atoms with Gasteiger partial charge >= 0.3 is 0 Å². The van der Waals surface area contributed by atoms with Crippen molar-refractivity contribution in [2.75, 3.05) is 47.8 Å². The molecule has 9 nitrogen and oxygen atoms in total. The molecule has 4 aromatic rings. The van der Waals surface area contributed by atoms with E-state index in [9.17, 15) is 9.59 Å². The lowest BCUT2D eigenvalue weighted by Crippen LogP contribution is -2.47. The maximum Gasteiger partial charge on any atom is 0.291 e. The number of nitrogens with one attached hydrogen (secondary N) is 2. The van der Waals surface area contributed by atoms with E-state index in [0.717, 1.165) is 44.8 Å². The Hall–Kier alpha value is -4.53. The molecule has 0 unspecified atom stereocenters. The molecule has 2 aliphatic rings. The molecule has 2 amide bonds. The van der Waals surface area contributed by atoms with Gasteiger partial charge in [0.15, 0.2) is 5.76 Å². The second kappa shape index (κ2) is 11.9. The summed E-state index contributed by atoms with van der Waals surface area (Å²) in [4.78, 5) is 30.7. The summed E-state index contributed by atoms with van der Waals surface area (Å²) in [5.41, 5.74) is 5.78. The lowest BCUT2D eigenvalue weighted by molar-refractivity contribution is 0.0950. The molecule has 2 N–H and O–H groups in total. The van der Waals surface area contributed by atoms with E-state index in [0.29, 0.717) is 23.7 Å². The van der Waals surface area contributed by atoms with Crippen LogP contribution in [0.5, 0.6) is 0 Å². The number of amides is 2. The molecule has 1 saturated carbocycles. The van der Waals surface area contributed by atoms with Gasteiger partial charge < -0.3 is 24.9 Å². The summed E-state index contributed by atoms with van der Waals surface area (Å²) in [5, 5.41) is 10.5. The molecule has 41 heavy (non-hydrogen) atoms. The number of hydrogen-bond donors (Lipinski definition) is 2. The maximum atomic E-state index is 13.1. The molecular weight excluding hydrogens is 516 g/mol. The van der Waals surface area contributed by atoms with Crippen LogP contribution in [0.4, 0.5) is 17.1 Å². The van der Waals surface area contributed by atoms with Crippen molar-refractivity contribution in [1.29, 1.82) is 0 Å². The number of nitrogens with zero attached hydrogens (tertiary/aromatic N) is 4. The number of piperazine rings is 1. The molecule has 6 rings (SSSR count). The Bertz CT molecular complexity index is 1500. The van der Waals surface area contributed by atoms with Gasteiger partial charge in [-0.05, 0) is 74.2 Å². The van der Waals surface area contributed by atoms with Gasteiger partial charge in [0.2, 0.25) is 0 Å². The second-order valence-electron chi connectivity index (χ2n) is 10.8. The first kappa shape index (κ1) is 26.7. The van der Waals surface area contributed by atoms with E-state index in [1.807, 2.05) is 18.3 Å². The van der Waals surface area contributed by atoms with Gasteiger partial charge in [0.25, 0.3) is 11.8 Å². The fourth-order valence-electron chi connectivity index (χ4n) is 5.54. The highest BCUT2D eigenvalue weighted by atomic mass is 16.3. The standard InChI is InChI=1S/C32H36N6O3/c1-23-6-2-3-7-27(23)36-17-19-37(20-18-36)29-12-11-25(22-26(29)35-32(40)30-8-4-21-41-30)31(39)33-14-5-16-38-28(13-15-34-38)24-9-10-24/h2-4,6-8,11-13,15,21-22,24H,5,9-10,14,16-20H2,1H3,(H,33,39)(H,35,40). The Morgan fingerprint density at radius 2 is 1.71 bits per heavy atom. The lowest BCUT2D eigenvalue weighted by atomic mass is 10.1. The van der Waals surface area contributed by atoms with Gasteiger partial charge in [-0.15, -0.1) is 0 Å². The first-order valence-electron chi connectivity index (χ1n) is 14.4. The van der Waals surface area contributed by atoms with Gasteiger partial charge in [0, 0.05) is 68.3 Å². The number of carbonyl (C=O) groups excluding carboxylic acids is 2. The third kappa shape index (κ3) is 6.14. The minimum Gasteiger partial charge on any atom is -0.459 e. The normalized spacial score (nSPS) is 15.1.